The van der Waals surface area contributed by atoms with Gasteiger partial charge in [-0.25, -0.2) is 0 Å². The van der Waals surface area contributed by atoms with Gasteiger partial charge < -0.3 is 14.8 Å². The zero-order chi connectivity index (χ0) is 20.7. The lowest BCUT2D eigenvalue weighted by atomic mass is 9.96. The van der Waals surface area contributed by atoms with Gasteiger partial charge in [0, 0.05) is 33.8 Å². The summed E-state index contributed by atoms with van der Waals surface area (Å²) in [4.78, 5) is 6.94. The first-order chi connectivity index (χ1) is 13.9. The van der Waals surface area contributed by atoms with Gasteiger partial charge in [-0.1, -0.05) is 28.1 Å². The van der Waals surface area contributed by atoms with Crippen LogP contribution in [-0.4, -0.2) is 25.6 Å². The fraction of sp³-hybridized carbons (Fsp3) is 0.304. The van der Waals surface area contributed by atoms with E-state index in [9.17, 15) is 0 Å². The van der Waals surface area contributed by atoms with E-state index in [0.717, 1.165) is 21.0 Å². The fourth-order valence-corrected chi connectivity index (χ4v) is 5.19. The first-order valence-electron chi connectivity index (χ1n) is 9.83. The lowest BCUT2D eigenvalue weighted by molar-refractivity contribution is 0.269. The first kappa shape index (κ1) is 20.1. The molecule has 1 saturated heterocycles. The molecule has 29 heavy (non-hydrogen) atoms. The van der Waals surface area contributed by atoms with Crippen LogP contribution in [0.2, 0.25) is 0 Å². The number of rotatable bonds is 4. The summed E-state index contributed by atoms with van der Waals surface area (Å²) in [7, 11) is 0. The Balaban J connectivity index is 1.86. The number of benzene rings is 1. The second-order valence-electron chi connectivity index (χ2n) is 7.77. The number of pyridine rings is 1. The van der Waals surface area contributed by atoms with E-state index in [-0.39, 0.29) is 18.1 Å². The molecule has 0 amide bonds. The summed E-state index contributed by atoms with van der Waals surface area (Å²) >= 11 is 9.34. The highest BCUT2D eigenvalue weighted by Crippen LogP contribution is 2.42. The number of aryl methyl sites for hydroxylation is 1. The zero-order valence-electron chi connectivity index (χ0n) is 17.1. The average Bonchev–Trinajstić information content (AvgIpc) is 3.18. The molecule has 2 atom stereocenters. The third-order valence-corrected chi connectivity index (χ3v) is 6.37. The van der Waals surface area contributed by atoms with Gasteiger partial charge in [-0.05, 0) is 81.9 Å². The molecule has 0 saturated carbocycles. The van der Waals surface area contributed by atoms with E-state index in [4.69, 9.17) is 12.2 Å². The van der Waals surface area contributed by atoms with Gasteiger partial charge in [-0.3, -0.25) is 4.98 Å². The van der Waals surface area contributed by atoms with Crippen molar-refractivity contribution >= 4 is 33.3 Å². The SMILES string of the molecule is Cc1cc([C@@H]2[C@H](c3ccccn3)NC(=S)N2C(C)C)c(C)n1-c1cccc(Br)c1. The molecule has 0 unspecified atom stereocenters. The van der Waals surface area contributed by atoms with Crippen LogP contribution in [0, 0.1) is 13.8 Å². The van der Waals surface area contributed by atoms with Gasteiger partial charge >= 0.3 is 0 Å². The summed E-state index contributed by atoms with van der Waals surface area (Å²) in [5.41, 5.74) is 5.87. The van der Waals surface area contributed by atoms with Crippen LogP contribution in [-0.2, 0) is 0 Å². The van der Waals surface area contributed by atoms with Gasteiger partial charge in [-0.15, -0.1) is 0 Å². The maximum Gasteiger partial charge on any atom is 0.170 e. The number of hydrogen-bond acceptors (Lipinski definition) is 2. The molecule has 3 aromatic rings. The Kier molecular flexibility index (Phi) is 5.49. The van der Waals surface area contributed by atoms with Crippen molar-refractivity contribution in [1.29, 1.82) is 0 Å². The lowest BCUT2D eigenvalue weighted by Crippen LogP contribution is -2.35. The Hall–Kier alpha value is -2.18. The van der Waals surface area contributed by atoms with Crippen LogP contribution in [0.1, 0.15) is 48.6 Å². The minimum Gasteiger partial charge on any atom is -0.352 e. The second kappa shape index (κ2) is 7.92. The topological polar surface area (TPSA) is 33.1 Å². The number of aromatic nitrogens is 2. The number of hydrogen-bond donors (Lipinski definition) is 1. The highest BCUT2D eigenvalue weighted by atomic mass is 79.9. The molecule has 6 heteroatoms. The van der Waals surface area contributed by atoms with Crippen molar-refractivity contribution in [3.05, 3.63) is 81.8 Å². The first-order valence-corrected chi connectivity index (χ1v) is 11.0. The smallest absolute Gasteiger partial charge is 0.170 e. The summed E-state index contributed by atoms with van der Waals surface area (Å²) in [6.45, 7) is 8.73. The monoisotopic (exact) mass is 468 g/mol. The highest BCUT2D eigenvalue weighted by Gasteiger charge is 2.42. The third-order valence-electron chi connectivity index (χ3n) is 5.55. The van der Waals surface area contributed by atoms with Gasteiger partial charge in [0.2, 0.25) is 0 Å². The van der Waals surface area contributed by atoms with Crippen LogP contribution < -0.4 is 5.32 Å². The average molecular weight is 469 g/mol. The van der Waals surface area contributed by atoms with Crippen molar-refractivity contribution in [3.63, 3.8) is 0 Å². The number of nitrogens with zero attached hydrogens (tertiary/aromatic N) is 3. The molecule has 0 spiro atoms. The lowest BCUT2D eigenvalue weighted by Gasteiger charge is -2.31. The van der Waals surface area contributed by atoms with E-state index in [0.29, 0.717) is 0 Å². The summed E-state index contributed by atoms with van der Waals surface area (Å²) in [5, 5.41) is 4.32. The molecule has 2 aromatic heterocycles. The van der Waals surface area contributed by atoms with E-state index in [2.05, 4.69) is 99.8 Å². The van der Waals surface area contributed by atoms with Gasteiger partial charge in [-0.2, -0.15) is 0 Å². The Morgan fingerprint density at radius 1 is 1.10 bits per heavy atom. The Labute approximate surface area is 186 Å². The van der Waals surface area contributed by atoms with Crippen molar-refractivity contribution in [3.8, 4) is 5.69 Å². The van der Waals surface area contributed by atoms with Crippen molar-refractivity contribution in [1.82, 2.24) is 19.8 Å². The molecular formula is C23H25BrN4S. The van der Waals surface area contributed by atoms with Crippen molar-refractivity contribution in [2.75, 3.05) is 0 Å². The van der Waals surface area contributed by atoms with Crippen molar-refractivity contribution in [2.24, 2.45) is 0 Å². The van der Waals surface area contributed by atoms with Crippen LogP contribution in [0.3, 0.4) is 0 Å². The summed E-state index contributed by atoms with van der Waals surface area (Å²) in [6.07, 6.45) is 1.85. The van der Waals surface area contributed by atoms with Crippen molar-refractivity contribution in [2.45, 2.75) is 45.8 Å². The summed E-state index contributed by atoms with van der Waals surface area (Å²) in [5.74, 6) is 0. The van der Waals surface area contributed by atoms with Crippen LogP contribution in [0.4, 0.5) is 0 Å². The number of thiocarbonyl (C=S) groups is 1. The summed E-state index contributed by atoms with van der Waals surface area (Å²) in [6, 6.07) is 17.1. The van der Waals surface area contributed by atoms with E-state index in [1.807, 2.05) is 18.3 Å². The predicted molar refractivity (Wildman–Crippen MR) is 125 cm³/mol. The van der Waals surface area contributed by atoms with E-state index >= 15 is 0 Å². The Bertz CT molecular complexity index is 1040. The van der Waals surface area contributed by atoms with Gasteiger partial charge in [0.1, 0.15) is 0 Å². The highest BCUT2D eigenvalue weighted by molar-refractivity contribution is 9.10. The number of halogens is 1. The molecule has 0 radical (unpaired) electrons. The molecule has 1 aliphatic heterocycles. The normalized spacial score (nSPS) is 19.1. The van der Waals surface area contributed by atoms with Crippen LogP contribution in [0.25, 0.3) is 5.69 Å². The summed E-state index contributed by atoms with van der Waals surface area (Å²) < 4.78 is 3.39. The minimum atomic E-state index is 0.0163. The Morgan fingerprint density at radius 2 is 1.90 bits per heavy atom. The largest absolute Gasteiger partial charge is 0.352 e. The molecule has 1 fully saturated rings. The predicted octanol–water partition coefficient (Wildman–Crippen LogP) is 5.63. The van der Waals surface area contributed by atoms with E-state index in [1.54, 1.807) is 0 Å². The third kappa shape index (κ3) is 3.60. The molecule has 1 N–H and O–H groups in total. The zero-order valence-corrected chi connectivity index (χ0v) is 19.5. The van der Waals surface area contributed by atoms with Gasteiger partial charge in [0.05, 0.1) is 17.8 Å². The fourth-order valence-electron chi connectivity index (χ4n) is 4.35. The molecule has 150 valence electrons. The molecular weight excluding hydrogens is 444 g/mol. The molecule has 3 heterocycles. The van der Waals surface area contributed by atoms with Crippen LogP contribution in [0.5, 0.6) is 0 Å². The Morgan fingerprint density at radius 3 is 2.55 bits per heavy atom. The minimum absolute atomic E-state index is 0.0163. The quantitative estimate of drug-likeness (QED) is 0.502. The molecule has 1 aromatic carbocycles. The van der Waals surface area contributed by atoms with Gasteiger partial charge in [0.25, 0.3) is 0 Å². The van der Waals surface area contributed by atoms with E-state index in [1.165, 1.54) is 17.0 Å². The van der Waals surface area contributed by atoms with E-state index < -0.39 is 0 Å². The maximum absolute atomic E-state index is 5.74. The van der Waals surface area contributed by atoms with Crippen LogP contribution >= 0.6 is 28.1 Å². The number of nitrogens with one attached hydrogen (secondary N) is 1. The molecule has 4 nitrogen and oxygen atoms in total. The van der Waals surface area contributed by atoms with Crippen molar-refractivity contribution < 1.29 is 0 Å². The van der Waals surface area contributed by atoms with Crippen LogP contribution in [0.15, 0.2) is 59.2 Å². The molecule has 4 rings (SSSR count). The molecule has 0 bridgehead atoms. The molecule has 0 aliphatic carbocycles. The molecule has 1 aliphatic rings. The van der Waals surface area contributed by atoms with Gasteiger partial charge in [0.15, 0.2) is 5.11 Å². The second-order valence-corrected chi connectivity index (χ2v) is 9.07. The maximum atomic E-state index is 5.74. The standard InChI is InChI=1S/C23H25BrN4S/c1-14(2)27-22(21(26-23(27)29)20-10-5-6-11-25-20)19-12-15(3)28(16(19)4)18-9-7-8-17(24)13-18/h5-14,21-22H,1-4H3,(H,26,29)/t21-,22+/m0/s1.